The lowest BCUT2D eigenvalue weighted by Crippen LogP contribution is -2.32. The fraction of sp³-hybridized carbons (Fsp3) is 0.179. The van der Waals surface area contributed by atoms with Crippen molar-refractivity contribution in [3.8, 4) is 22.6 Å². The number of benzene rings is 6. The highest BCUT2D eigenvalue weighted by atomic mass is 16.7. The third-order valence-corrected chi connectivity index (χ3v) is 9.25. The maximum absolute atomic E-state index is 6.08. The molecule has 4 nitrogen and oxygen atoms in total. The van der Waals surface area contributed by atoms with Gasteiger partial charge in [-0.2, -0.15) is 0 Å². The van der Waals surface area contributed by atoms with Crippen molar-refractivity contribution in [3.63, 3.8) is 0 Å². The van der Waals surface area contributed by atoms with Crippen molar-refractivity contribution in [3.05, 3.63) is 144 Å². The second-order valence-electron chi connectivity index (χ2n) is 11.7. The zero-order valence-corrected chi connectivity index (χ0v) is 23.7. The van der Waals surface area contributed by atoms with Crippen LogP contribution in [0.4, 0.5) is 0 Å². The summed E-state index contributed by atoms with van der Waals surface area (Å²) < 4.78 is 23.0. The van der Waals surface area contributed by atoms with Crippen LogP contribution in [0.25, 0.3) is 32.7 Å². The third kappa shape index (κ3) is 3.91. The van der Waals surface area contributed by atoms with E-state index < -0.39 is 5.41 Å². The second kappa shape index (κ2) is 9.70. The summed E-state index contributed by atoms with van der Waals surface area (Å²) in [6.07, 6.45) is 0.986. The number of epoxide rings is 1. The Labute approximate surface area is 250 Å². The van der Waals surface area contributed by atoms with E-state index in [1.54, 1.807) is 0 Å². The predicted octanol–water partition coefficient (Wildman–Crippen LogP) is 8.26. The summed E-state index contributed by atoms with van der Waals surface area (Å²) in [6.45, 7) is 2.12. The van der Waals surface area contributed by atoms with Crippen LogP contribution in [0, 0.1) is 0 Å². The van der Waals surface area contributed by atoms with Crippen molar-refractivity contribution in [2.24, 2.45) is 0 Å². The molecule has 0 saturated carbocycles. The van der Waals surface area contributed by atoms with E-state index in [0.717, 1.165) is 31.1 Å². The number of hydrogen-bond donors (Lipinski definition) is 0. The lowest BCUT2D eigenvalue weighted by atomic mass is 9.67. The Balaban J connectivity index is 1.32. The minimum atomic E-state index is -0.539. The highest BCUT2D eigenvalue weighted by Crippen LogP contribution is 2.59. The fourth-order valence-electron chi connectivity index (χ4n) is 7.04. The summed E-state index contributed by atoms with van der Waals surface area (Å²) in [6, 6.07) is 44.0. The first-order chi connectivity index (χ1) is 21.3. The molecule has 6 aromatic carbocycles. The molecule has 2 aliphatic heterocycles. The molecule has 2 fully saturated rings. The highest BCUT2D eigenvalue weighted by molar-refractivity contribution is 6.12. The van der Waals surface area contributed by atoms with Gasteiger partial charge in [0.25, 0.3) is 0 Å². The van der Waals surface area contributed by atoms with Gasteiger partial charge in [0, 0.05) is 6.42 Å². The molecular weight excluding hydrogens is 532 g/mol. The summed E-state index contributed by atoms with van der Waals surface area (Å²) in [4.78, 5) is 0. The smallest absolute Gasteiger partial charge is 0.202 e. The number of ether oxygens (including phenoxy) is 4. The van der Waals surface area contributed by atoms with Crippen molar-refractivity contribution in [1.29, 1.82) is 0 Å². The molecule has 210 valence electrons. The first-order valence-electron chi connectivity index (χ1n) is 15.1. The lowest BCUT2D eigenvalue weighted by Gasteiger charge is -2.34. The van der Waals surface area contributed by atoms with Crippen LogP contribution in [0.5, 0.6) is 11.5 Å². The monoisotopic (exact) mass is 562 g/mol. The standard InChI is InChI=1S/C39H30O4/c1-3-7-32-25(5-1)9-19-34-37(32)38-33-8-4-2-6-26(33)10-20-35(38)39(34,27-11-15-29(16-12-27)41-23-31-24-42-31)28-13-17-30(18-14-28)43-36-21-22-40-36/h1-20,31,36H,21-24H2. The number of rotatable bonds is 7. The summed E-state index contributed by atoms with van der Waals surface area (Å²) in [5, 5.41) is 5.02. The summed E-state index contributed by atoms with van der Waals surface area (Å²) in [7, 11) is 0. The molecular formula is C39H30O4. The Morgan fingerprint density at radius 1 is 0.605 bits per heavy atom. The Bertz CT molecular complexity index is 1900. The summed E-state index contributed by atoms with van der Waals surface area (Å²) >= 11 is 0. The Hall–Kier alpha value is -4.64. The Morgan fingerprint density at radius 2 is 1.14 bits per heavy atom. The van der Waals surface area contributed by atoms with E-state index in [-0.39, 0.29) is 12.4 Å². The molecule has 0 N–H and O–H groups in total. The van der Waals surface area contributed by atoms with Crippen LogP contribution in [0.1, 0.15) is 28.7 Å². The molecule has 6 aromatic rings. The van der Waals surface area contributed by atoms with Crippen LogP contribution in [-0.2, 0) is 14.9 Å². The zero-order chi connectivity index (χ0) is 28.4. The molecule has 0 bridgehead atoms. The van der Waals surface area contributed by atoms with Crippen LogP contribution < -0.4 is 9.47 Å². The summed E-state index contributed by atoms with van der Waals surface area (Å²) in [5.74, 6) is 1.68. The van der Waals surface area contributed by atoms with Gasteiger partial charge < -0.3 is 18.9 Å². The lowest BCUT2D eigenvalue weighted by molar-refractivity contribution is -0.165. The van der Waals surface area contributed by atoms with Gasteiger partial charge >= 0.3 is 0 Å². The fourth-order valence-corrected chi connectivity index (χ4v) is 7.04. The predicted molar refractivity (Wildman–Crippen MR) is 169 cm³/mol. The molecule has 2 saturated heterocycles. The topological polar surface area (TPSA) is 40.2 Å². The van der Waals surface area contributed by atoms with Gasteiger partial charge in [-0.15, -0.1) is 0 Å². The van der Waals surface area contributed by atoms with Gasteiger partial charge in [0.05, 0.1) is 18.6 Å². The maximum Gasteiger partial charge on any atom is 0.202 e. The Morgan fingerprint density at radius 3 is 1.65 bits per heavy atom. The molecule has 2 heterocycles. The second-order valence-corrected chi connectivity index (χ2v) is 11.7. The normalized spacial score (nSPS) is 19.4. The highest BCUT2D eigenvalue weighted by Gasteiger charge is 2.47. The van der Waals surface area contributed by atoms with Gasteiger partial charge in [0.2, 0.25) is 6.29 Å². The quantitative estimate of drug-likeness (QED) is 0.183. The average molecular weight is 563 g/mol. The largest absolute Gasteiger partial charge is 0.491 e. The molecule has 0 radical (unpaired) electrons. The average Bonchev–Trinajstić information content (AvgIpc) is 3.82. The maximum atomic E-state index is 6.08. The summed E-state index contributed by atoms with van der Waals surface area (Å²) in [5.41, 5.74) is 7.03. The van der Waals surface area contributed by atoms with E-state index in [1.165, 1.54) is 54.9 Å². The van der Waals surface area contributed by atoms with Crippen molar-refractivity contribution in [2.45, 2.75) is 24.2 Å². The van der Waals surface area contributed by atoms with E-state index in [4.69, 9.17) is 18.9 Å². The van der Waals surface area contributed by atoms with Crippen LogP contribution in [0.2, 0.25) is 0 Å². The molecule has 1 aliphatic carbocycles. The zero-order valence-electron chi connectivity index (χ0n) is 23.7. The van der Waals surface area contributed by atoms with Crippen molar-refractivity contribution < 1.29 is 18.9 Å². The molecule has 9 rings (SSSR count). The van der Waals surface area contributed by atoms with Crippen LogP contribution in [-0.4, -0.2) is 32.2 Å². The van der Waals surface area contributed by atoms with Gasteiger partial charge in [-0.05, 0) is 79.2 Å². The molecule has 0 aromatic heterocycles. The number of hydrogen-bond acceptors (Lipinski definition) is 4. The molecule has 0 amide bonds. The van der Waals surface area contributed by atoms with E-state index in [0.29, 0.717) is 6.61 Å². The van der Waals surface area contributed by atoms with Gasteiger partial charge in [-0.1, -0.05) is 97.1 Å². The molecule has 4 heteroatoms. The van der Waals surface area contributed by atoms with Gasteiger partial charge in [0.15, 0.2) is 0 Å². The molecule has 2 unspecified atom stereocenters. The minimum absolute atomic E-state index is 0.154. The molecule has 3 aliphatic rings. The van der Waals surface area contributed by atoms with Crippen LogP contribution in [0.15, 0.2) is 121 Å². The van der Waals surface area contributed by atoms with Crippen LogP contribution in [0.3, 0.4) is 0 Å². The molecule has 43 heavy (non-hydrogen) atoms. The van der Waals surface area contributed by atoms with E-state index in [1.807, 2.05) is 0 Å². The van der Waals surface area contributed by atoms with Crippen molar-refractivity contribution >= 4 is 21.5 Å². The SMILES string of the molecule is c1ccc2c3c(ccc2c1)C(c1ccc(OCC2CO2)cc1)(c1ccc(OC2CCO2)cc1)c1ccc2ccccc2c1-3. The van der Waals surface area contributed by atoms with E-state index in [2.05, 4.69) is 121 Å². The van der Waals surface area contributed by atoms with Crippen molar-refractivity contribution in [2.75, 3.05) is 19.8 Å². The van der Waals surface area contributed by atoms with E-state index in [9.17, 15) is 0 Å². The molecule has 2 atom stereocenters. The van der Waals surface area contributed by atoms with Gasteiger partial charge in [0.1, 0.15) is 24.2 Å². The first-order valence-corrected chi connectivity index (χ1v) is 15.1. The van der Waals surface area contributed by atoms with Gasteiger partial charge in [-0.3, -0.25) is 0 Å². The van der Waals surface area contributed by atoms with E-state index >= 15 is 0 Å². The number of fused-ring (bicyclic) bond motifs is 7. The van der Waals surface area contributed by atoms with Crippen molar-refractivity contribution in [1.82, 2.24) is 0 Å². The molecule has 0 spiro atoms. The van der Waals surface area contributed by atoms with Crippen LogP contribution >= 0.6 is 0 Å². The minimum Gasteiger partial charge on any atom is -0.491 e. The Kier molecular flexibility index (Phi) is 5.62. The first kappa shape index (κ1) is 24.9. The third-order valence-electron chi connectivity index (χ3n) is 9.25. The van der Waals surface area contributed by atoms with Gasteiger partial charge in [-0.25, -0.2) is 0 Å².